The Labute approximate surface area is 166 Å². The molecule has 156 valence electrons. The highest BCUT2D eigenvalue weighted by Gasteiger charge is 2.35. The van der Waals surface area contributed by atoms with E-state index >= 15 is 0 Å². The Morgan fingerprint density at radius 1 is 0.704 bits per heavy atom. The molecule has 4 unspecified atom stereocenters. The smallest absolute Gasteiger partial charge is 0.222 e. The molecule has 0 spiro atoms. The molecule has 1 amide bonds. The largest absolute Gasteiger partial charge is 0.412 e. The Morgan fingerprint density at radius 2 is 1.30 bits per heavy atom. The number of fused-ring (bicyclic) bond motifs is 2. The van der Waals surface area contributed by atoms with Gasteiger partial charge in [0.25, 0.3) is 0 Å². The summed E-state index contributed by atoms with van der Waals surface area (Å²) in [5.41, 5.74) is 0. The highest BCUT2D eigenvalue weighted by atomic mass is 16.2. The lowest BCUT2D eigenvalue weighted by atomic mass is 9.78. The van der Waals surface area contributed by atoms with Crippen molar-refractivity contribution in [1.82, 2.24) is 9.80 Å². The molecule has 4 heteroatoms. The number of likely N-dealkylation sites (tertiary alicyclic amines) is 2. The minimum absolute atomic E-state index is 0. The van der Waals surface area contributed by atoms with Crippen molar-refractivity contribution >= 4 is 5.91 Å². The first-order valence-electron chi connectivity index (χ1n) is 11.9. The van der Waals surface area contributed by atoms with Crippen molar-refractivity contribution in [3.8, 4) is 0 Å². The molecule has 0 bridgehead atoms. The summed E-state index contributed by atoms with van der Waals surface area (Å²) in [6, 6.07) is 1.47. The van der Waals surface area contributed by atoms with E-state index in [1.807, 2.05) is 0 Å². The first-order valence-corrected chi connectivity index (χ1v) is 11.9. The van der Waals surface area contributed by atoms with Gasteiger partial charge in [0.1, 0.15) is 0 Å². The molecule has 4 rings (SSSR count). The monoisotopic (exact) mass is 378 g/mol. The SMILES string of the molecule is O.O=C(CCCCN1CCCC2CCCCC21)N1CCCC2CCCCC21. The summed E-state index contributed by atoms with van der Waals surface area (Å²) in [4.78, 5) is 17.9. The van der Waals surface area contributed by atoms with Crippen molar-refractivity contribution in [1.29, 1.82) is 0 Å². The average Bonchev–Trinajstić information content (AvgIpc) is 2.70. The second-order valence-electron chi connectivity index (χ2n) is 9.59. The zero-order valence-corrected chi connectivity index (χ0v) is 17.3. The average molecular weight is 379 g/mol. The zero-order chi connectivity index (χ0) is 17.8. The van der Waals surface area contributed by atoms with Crippen LogP contribution >= 0.6 is 0 Å². The van der Waals surface area contributed by atoms with Crippen LogP contribution in [0.15, 0.2) is 0 Å². The molecule has 2 saturated carbocycles. The summed E-state index contributed by atoms with van der Waals surface area (Å²) in [6.45, 7) is 3.58. The zero-order valence-electron chi connectivity index (χ0n) is 17.3. The molecule has 2 aliphatic carbocycles. The second-order valence-corrected chi connectivity index (χ2v) is 9.59. The molecule has 0 aromatic rings. The molecule has 4 atom stereocenters. The minimum atomic E-state index is 0. The third kappa shape index (κ3) is 5.06. The molecule has 2 N–H and O–H groups in total. The van der Waals surface area contributed by atoms with Crippen LogP contribution in [0.5, 0.6) is 0 Å². The third-order valence-electron chi connectivity index (χ3n) is 8.01. The van der Waals surface area contributed by atoms with Gasteiger partial charge in [0.05, 0.1) is 0 Å². The Morgan fingerprint density at radius 3 is 2.07 bits per heavy atom. The van der Waals surface area contributed by atoms with Gasteiger partial charge >= 0.3 is 0 Å². The van der Waals surface area contributed by atoms with Crippen LogP contribution in [0.4, 0.5) is 0 Å². The molecule has 4 aliphatic rings. The third-order valence-corrected chi connectivity index (χ3v) is 8.01. The summed E-state index contributed by atoms with van der Waals surface area (Å²) >= 11 is 0. The van der Waals surface area contributed by atoms with Crippen LogP contribution in [0.2, 0.25) is 0 Å². The normalized spacial score (nSPS) is 34.3. The summed E-state index contributed by atoms with van der Waals surface area (Å²) < 4.78 is 0. The lowest BCUT2D eigenvalue weighted by Gasteiger charge is -2.44. The quantitative estimate of drug-likeness (QED) is 0.674. The number of unbranched alkanes of at least 4 members (excludes halogenated alkanes) is 1. The first kappa shape index (κ1) is 21.1. The molecule has 0 aromatic heterocycles. The minimum Gasteiger partial charge on any atom is -0.412 e. The maximum Gasteiger partial charge on any atom is 0.222 e. The van der Waals surface area contributed by atoms with E-state index in [0.29, 0.717) is 11.9 Å². The number of nitrogens with zero attached hydrogens (tertiary/aromatic N) is 2. The number of rotatable bonds is 5. The maximum atomic E-state index is 12.8. The fourth-order valence-electron chi connectivity index (χ4n) is 6.67. The van der Waals surface area contributed by atoms with Crippen molar-refractivity contribution in [2.75, 3.05) is 19.6 Å². The van der Waals surface area contributed by atoms with E-state index in [1.54, 1.807) is 0 Å². The molecule has 4 nitrogen and oxygen atoms in total. The highest BCUT2D eigenvalue weighted by molar-refractivity contribution is 5.76. The Kier molecular flexibility index (Phi) is 8.01. The molecule has 4 fully saturated rings. The van der Waals surface area contributed by atoms with Gasteiger partial charge in [-0.1, -0.05) is 25.7 Å². The van der Waals surface area contributed by atoms with Crippen LogP contribution in [0.3, 0.4) is 0 Å². The second kappa shape index (κ2) is 10.2. The summed E-state index contributed by atoms with van der Waals surface area (Å²) in [5.74, 6) is 2.27. The van der Waals surface area contributed by atoms with E-state index in [1.165, 1.54) is 96.6 Å². The summed E-state index contributed by atoms with van der Waals surface area (Å²) in [6.07, 6.45) is 19.8. The molecule has 0 aromatic carbocycles. The molecular formula is C23H42N2O2. The Hall–Kier alpha value is -0.610. The fraction of sp³-hybridized carbons (Fsp3) is 0.957. The van der Waals surface area contributed by atoms with Crippen LogP contribution in [-0.2, 0) is 4.79 Å². The van der Waals surface area contributed by atoms with Gasteiger partial charge in [0.2, 0.25) is 5.91 Å². The lowest BCUT2D eigenvalue weighted by molar-refractivity contribution is -0.137. The number of piperidine rings is 2. The van der Waals surface area contributed by atoms with E-state index in [-0.39, 0.29) is 5.48 Å². The molecule has 27 heavy (non-hydrogen) atoms. The van der Waals surface area contributed by atoms with Crippen LogP contribution in [0.25, 0.3) is 0 Å². The van der Waals surface area contributed by atoms with Gasteiger partial charge < -0.3 is 15.3 Å². The molecule has 2 heterocycles. The predicted octanol–water partition coefficient (Wildman–Crippen LogP) is 4.17. The van der Waals surface area contributed by atoms with Crippen molar-refractivity contribution in [3.05, 3.63) is 0 Å². The first-order chi connectivity index (χ1) is 12.8. The number of hydrogen-bond donors (Lipinski definition) is 0. The van der Waals surface area contributed by atoms with E-state index < -0.39 is 0 Å². The summed E-state index contributed by atoms with van der Waals surface area (Å²) in [7, 11) is 0. The predicted molar refractivity (Wildman–Crippen MR) is 111 cm³/mol. The molecule has 2 aliphatic heterocycles. The maximum absolute atomic E-state index is 12.8. The van der Waals surface area contributed by atoms with Gasteiger partial charge in [-0.05, 0) is 89.1 Å². The number of carbonyl (C=O) groups excluding carboxylic acids is 1. The van der Waals surface area contributed by atoms with E-state index in [9.17, 15) is 4.79 Å². The van der Waals surface area contributed by atoms with Gasteiger partial charge in [-0.2, -0.15) is 0 Å². The van der Waals surface area contributed by atoms with Crippen LogP contribution in [0.1, 0.15) is 96.3 Å². The van der Waals surface area contributed by atoms with E-state index in [0.717, 1.165) is 37.3 Å². The van der Waals surface area contributed by atoms with Crippen LogP contribution in [0, 0.1) is 11.8 Å². The standard InChI is InChI=1S/C23H40N2O.H2O/c26-23(25-18-8-12-20-10-2-4-14-22(20)25)15-5-6-16-24-17-7-11-19-9-1-3-13-21(19)24;/h19-22H,1-18H2;1H2. The van der Waals surface area contributed by atoms with Gasteiger partial charge in [-0.3, -0.25) is 4.79 Å². The van der Waals surface area contributed by atoms with Crippen molar-refractivity contribution in [2.24, 2.45) is 11.8 Å². The fourth-order valence-corrected chi connectivity index (χ4v) is 6.67. The Balaban J connectivity index is 0.00000210. The highest BCUT2D eigenvalue weighted by Crippen LogP contribution is 2.36. The van der Waals surface area contributed by atoms with E-state index in [2.05, 4.69) is 9.80 Å². The van der Waals surface area contributed by atoms with Crippen LogP contribution in [-0.4, -0.2) is 52.9 Å². The van der Waals surface area contributed by atoms with Gasteiger partial charge in [-0.15, -0.1) is 0 Å². The molecular weight excluding hydrogens is 336 g/mol. The topological polar surface area (TPSA) is 55.1 Å². The number of hydrogen-bond acceptors (Lipinski definition) is 2. The summed E-state index contributed by atoms with van der Waals surface area (Å²) in [5, 5.41) is 0. The van der Waals surface area contributed by atoms with Gasteiger partial charge in [0, 0.05) is 25.0 Å². The molecule has 2 saturated heterocycles. The number of carbonyl (C=O) groups is 1. The van der Waals surface area contributed by atoms with Gasteiger partial charge in [-0.25, -0.2) is 0 Å². The van der Waals surface area contributed by atoms with Gasteiger partial charge in [0.15, 0.2) is 0 Å². The van der Waals surface area contributed by atoms with Crippen molar-refractivity contribution in [2.45, 2.75) is 108 Å². The van der Waals surface area contributed by atoms with Crippen molar-refractivity contribution in [3.63, 3.8) is 0 Å². The number of amides is 1. The van der Waals surface area contributed by atoms with E-state index in [4.69, 9.17) is 0 Å². The molecule has 0 radical (unpaired) electrons. The van der Waals surface area contributed by atoms with Crippen LogP contribution < -0.4 is 0 Å². The van der Waals surface area contributed by atoms with Crippen molar-refractivity contribution < 1.29 is 10.3 Å². The lowest BCUT2D eigenvalue weighted by Crippen LogP contribution is -2.49. The Bertz CT molecular complexity index is 465.